The molecule has 0 heterocycles. The van der Waals surface area contributed by atoms with E-state index < -0.39 is 16.0 Å². The Balaban J connectivity index is 3.03. The maximum Gasteiger partial charge on any atom is 0.337 e. The molecule has 0 atom stereocenters. The summed E-state index contributed by atoms with van der Waals surface area (Å²) < 4.78 is 25.8. The maximum atomic E-state index is 12.3. The first kappa shape index (κ1) is 15.6. The van der Waals surface area contributed by atoms with Crippen LogP contribution in [0.4, 0.5) is 0 Å². The van der Waals surface area contributed by atoms with Crippen molar-refractivity contribution in [3.8, 4) is 0 Å². The van der Waals surface area contributed by atoms with Crippen molar-refractivity contribution in [1.82, 2.24) is 9.62 Å². The van der Waals surface area contributed by atoms with E-state index in [2.05, 4.69) is 5.32 Å². The number of nitrogens with zero attached hydrogens (tertiary/aromatic N) is 1. The normalized spacial score (nSPS) is 11.7. The lowest BCUT2D eigenvalue weighted by atomic mass is 10.2. The van der Waals surface area contributed by atoms with Crippen LogP contribution in [0, 0.1) is 0 Å². The third-order valence-corrected chi connectivity index (χ3v) is 4.62. The summed E-state index contributed by atoms with van der Waals surface area (Å²) in [7, 11) is -0.536. The Morgan fingerprint density at radius 1 is 1.37 bits per heavy atom. The number of sulfonamides is 1. The van der Waals surface area contributed by atoms with E-state index in [0.717, 1.165) is 0 Å². The lowest BCUT2D eigenvalue weighted by Gasteiger charge is -2.18. The molecule has 2 N–H and O–H groups in total. The summed E-state index contributed by atoms with van der Waals surface area (Å²) in [6, 6.07) is 5.62. The van der Waals surface area contributed by atoms with Gasteiger partial charge in [0.05, 0.1) is 10.5 Å². The summed E-state index contributed by atoms with van der Waals surface area (Å²) in [4.78, 5) is 10.9. The van der Waals surface area contributed by atoms with Crippen LogP contribution in [0.5, 0.6) is 0 Å². The van der Waals surface area contributed by atoms with Crippen LogP contribution >= 0.6 is 0 Å². The molecule has 0 spiro atoms. The van der Waals surface area contributed by atoms with Crippen molar-refractivity contribution in [3.05, 3.63) is 29.8 Å². The molecule has 0 bridgehead atoms. The molecule has 0 saturated heterocycles. The molecule has 6 nitrogen and oxygen atoms in total. The number of carboxylic acids is 1. The van der Waals surface area contributed by atoms with Crippen LogP contribution in [0.25, 0.3) is 0 Å². The smallest absolute Gasteiger partial charge is 0.337 e. The molecule has 0 aliphatic heterocycles. The number of aromatic carboxylic acids is 1. The van der Waals surface area contributed by atoms with Crippen LogP contribution in [0.1, 0.15) is 16.8 Å². The van der Waals surface area contributed by atoms with E-state index in [1.165, 1.54) is 35.6 Å². The van der Waals surface area contributed by atoms with Crippen molar-refractivity contribution in [1.29, 1.82) is 0 Å². The maximum absolute atomic E-state index is 12.3. The van der Waals surface area contributed by atoms with Gasteiger partial charge in [-0.15, -0.1) is 0 Å². The van der Waals surface area contributed by atoms with Gasteiger partial charge in [0.15, 0.2) is 0 Å². The molecule has 0 amide bonds. The second-order valence-electron chi connectivity index (χ2n) is 4.08. The number of rotatable bonds is 7. The fourth-order valence-electron chi connectivity index (χ4n) is 1.63. The van der Waals surface area contributed by atoms with Crippen molar-refractivity contribution in [2.24, 2.45) is 0 Å². The van der Waals surface area contributed by atoms with Crippen LogP contribution in [0.15, 0.2) is 29.2 Å². The molecule has 0 radical (unpaired) electrons. The predicted molar refractivity (Wildman–Crippen MR) is 71.8 cm³/mol. The molecule has 0 aliphatic rings. The molecule has 0 aromatic heterocycles. The van der Waals surface area contributed by atoms with Gasteiger partial charge in [-0.1, -0.05) is 12.1 Å². The van der Waals surface area contributed by atoms with Gasteiger partial charge in [0.25, 0.3) is 0 Å². The molecular formula is C12H18N2O4S. The third kappa shape index (κ3) is 3.76. The standard InChI is InChI=1S/C12H18N2O4S/c1-13-8-5-9-14(2)19(17,18)11-7-4-3-6-10(11)12(15)16/h3-4,6-7,13H,5,8-9H2,1-2H3,(H,15,16). The first-order chi connectivity index (χ1) is 8.91. The molecule has 19 heavy (non-hydrogen) atoms. The molecule has 1 aromatic carbocycles. The summed E-state index contributed by atoms with van der Waals surface area (Å²) in [5.41, 5.74) is -0.206. The van der Waals surface area contributed by atoms with Crippen molar-refractivity contribution in [3.63, 3.8) is 0 Å². The summed E-state index contributed by atoms with van der Waals surface area (Å²) in [6.07, 6.45) is 0.654. The van der Waals surface area contributed by atoms with Crippen LogP contribution in [0.3, 0.4) is 0 Å². The van der Waals surface area contributed by atoms with Crippen LogP contribution in [-0.2, 0) is 10.0 Å². The van der Waals surface area contributed by atoms with Gasteiger partial charge in [0, 0.05) is 13.6 Å². The Morgan fingerprint density at radius 3 is 2.58 bits per heavy atom. The average Bonchev–Trinajstić information content (AvgIpc) is 2.38. The minimum Gasteiger partial charge on any atom is -0.478 e. The largest absolute Gasteiger partial charge is 0.478 e. The lowest BCUT2D eigenvalue weighted by molar-refractivity contribution is 0.0692. The zero-order valence-electron chi connectivity index (χ0n) is 11.0. The van der Waals surface area contributed by atoms with Gasteiger partial charge in [-0.3, -0.25) is 0 Å². The third-order valence-electron chi connectivity index (χ3n) is 2.71. The van der Waals surface area contributed by atoms with E-state index >= 15 is 0 Å². The van der Waals surface area contributed by atoms with E-state index in [4.69, 9.17) is 5.11 Å². The molecule has 0 fully saturated rings. The Labute approximate surface area is 113 Å². The molecule has 1 rings (SSSR count). The highest BCUT2D eigenvalue weighted by Crippen LogP contribution is 2.19. The first-order valence-corrected chi connectivity index (χ1v) is 7.28. The SMILES string of the molecule is CNCCCN(C)S(=O)(=O)c1ccccc1C(=O)O. The highest BCUT2D eigenvalue weighted by atomic mass is 32.2. The van der Waals surface area contributed by atoms with Gasteiger partial charge in [0.2, 0.25) is 10.0 Å². The van der Waals surface area contributed by atoms with Crippen molar-refractivity contribution in [2.45, 2.75) is 11.3 Å². The fraction of sp³-hybridized carbons (Fsp3) is 0.417. The molecule has 0 unspecified atom stereocenters. The Morgan fingerprint density at radius 2 is 2.00 bits per heavy atom. The van der Waals surface area contributed by atoms with E-state index in [1.54, 1.807) is 7.05 Å². The number of benzene rings is 1. The zero-order chi connectivity index (χ0) is 14.5. The van der Waals surface area contributed by atoms with Gasteiger partial charge in [-0.2, -0.15) is 0 Å². The first-order valence-electron chi connectivity index (χ1n) is 5.84. The summed E-state index contributed by atoms with van der Waals surface area (Å²) >= 11 is 0. The Kier molecular flexibility index (Phi) is 5.46. The molecular weight excluding hydrogens is 268 g/mol. The topological polar surface area (TPSA) is 86.7 Å². The van der Waals surface area contributed by atoms with Gasteiger partial charge < -0.3 is 10.4 Å². The highest BCUT2D eigenvalue weighted by molar-refractivity contribution is 7.89. The molecule has 106 valence electrons. The van der Waals surface area contributed by atoms with E-state index in [9.17, 15) is 13.2 Å². The van der Waals surface area contributed by atoms with Gasteiger partial charge in [-0.25, -0.2) is 17.5 Å². The molecule has 0 aliphatic carbocycles. The summed E-state index contributed by atoms with van der Waals surface area (Å²) in [6.45, 7) is 1.03. The van der Waals surface area contributed by atoms with Crippen molar-refractivity contribution >= 4 is 16.0 Å². The fourth-order valence-corrected chi connectivity index (χ4v) is 3.02. The van der Waals surface area contributed by atoms with Gasteiger partial charge in [0.1, 0.15) is 0 Å². The van der Waals surface area contributed by atoms with Gasteiger partial charge in [-0.05, 0) is 32.1 Å². The van der Waals surface area contributed by atoms with Crippen molar-refractivity contribution < 1.29 is 18.3 Å². The molecule has 0 saturated carbocycles. The van der Waals surface area contributed by atoms with Crippen molar-refractivity contribution in [2.75, 3.05) is 27.2 Å². The molecule has 1 aromatic rings. The number of carbonyl (C=O) groups is 1. The Hall–Kier alpha value is -1.44. The molecule has 7 heteroatoms. The predicted octanol–water partition coefficient (Wildman–Crippen LogP) is 0.615. The quantitative estimate of drug-likeness (QED) is 0.717. The Bertz CT molecular complexity index is 542. The highest BCUT2D eigenvalue weighted by Gasteiger charge is 2.25. The average molecular weight is 286 g/mol. The number of carboxylic acid groups (broad SMARTS) is 1. The number of nitrogens with one attached hydrogen (secondary N) is 1. The minimum atomic E-state index is -3.77. The second kappa shape index (κ2) is 6.65. The van der Waals surface area contributed by atoms with Crippen LogP contribution in [0.2, 0.25) is 0 Å². The van der Waals surface area contributed by atoms with Gasteiger partial charge >= 0.3 is 5.97 Å². The zero-order valence-corrected chi connectivity index (χ0v) is 11.8. The van der Waals surface area contributed by atoms with E-state index in [0.29, 0.717) is 19.5 Å². The second-order valence-corrected chi connectivity index (χ2v) is 6.10. The number of hydrogen-bond donors (Lipinski definition) is 2. The van der Waals surface area contributed by atoms with E-state index in [-0.39, 0.29) is 10.5 Å². The van der Waals surface area contributed by atoms with E-state index in [1.807, 2.05) is 0 Å². The van der Waals surface area contributed by atoms with Crippen LogP contribution in [-0.4, -0.2) is 51.0 Å². The monoisotopic (exact) mass is 286 g/mol. The minimum absolute atomic E-state index is 0.172. The summed E-state index contributed by atoms with van der Waals surface area (Å²) in [5.74, 6) is -1.25. The lowest BCUT2D eigenvalue weighted by Crippen LogP contribution is -2.30. The van der Waals surface area contributed by atoms with Crippen LogP contribution < -0.4 is 5.32 Å². The number of hydrogen-bond acceptors (Lipinski definition) is 4. The summed E-state index contributed by atoms with van der Waals surface area (Å²) in [5, 5.41) is 12.0.